The molecule has 7 heteroatoms. The van der Waals surface area contributed by atoms with Crippen molar-refractivity contribution in [3.63, 3.8) is 0 Å². The number of carbonyl (C=O) groups excluding carboxylic acids is 1. The predicted octanol–water partition coefficient (Wildman–Crippen LogP) is 2.52. The zero-order valence-corrected chi connectivity index (χ0v) is 17.1. The minimum absolute atomic E-state index is 0.0134. The number of rotatable bonds is 7. The van der Waals surface area contributed by atoms with Crippen molar-refractivity contribution in [3.8, 4) is 11.5 Å². The van der Waals surface area contributed by atoms with Crippen molar-refractivity contribution in [3.05, 3.63) is 23.8 Å². The average molecular weight is 393 g/mol. The van der Waals surface area contributed by atoms with Gasteiger partial charge in [0.2, 0.25) is 0 Å². The topological polar surface area (TPSA) is 66.5 Å². The molecule has 1 amide bonds. The van der Waals surface area contributed by atoms with Gasteiger partial charge < -0.3 is 28.6 Å². The molecule has 156 valence electrons. The van der Waals surface area contributed by atoms with Crippen molar-refractivity contribution in [1.29, 1.82) is 0 Å². The van der Waals surface area contributed by atoms with E-state index in [0.29, 0.717) is 50.0 Å². The monoisotopic (exact) mass is 393 g/mol. The van der Waals surface area contributed by atoms with Crippen LogP contribution in [0.2, 0.25) is 0 Å². The summed E-state index contributed by atoms with van der Waals surface area (Å²) in [6.45, 7) is 3.29. The lowest BCUT2D eigenvalue weighted by Crippen LogP contribution is -2.52. The molecule has 2 heterocycles. The number of ether oxygens (including phenoxy) is 5. The van der Waals surface area contributed by atoms with E-state index < -0.39 is 0 Å². The van der Waals surface area contributed by atoms with Gasteiger partial charge in [-0.15, -0.1) is 0 Å². The van der Waals surface area contributed by atoms with E-state index in [1.54, 1.807) is 39.5 Å². The minimum atomic E-state index is -0.176. The second-order valence-corrected chi connectivity index (χ2v) is 7.37. The second kappa shape index (κ2) is 9.58. The smallest absolute Gasteiger partial charge is 0.253 e. The maximum Gasteiger partial charge on any atom is 0.253 e. The van der Waals surface area contributed by atoms with Gasteiger partial charge in [0.1, 0.15) is 0 Å². The Balaban J connectivity index is 1.58. The van der Waals surface area contributed by atoms with Gasteiger partial charge in [-0.25, -0.2) is 0 Å². The van der Waals surface area contributed by atoms with Crippen LogP contribution < -0.4 is 9.47 Å². The molecule has 0 aromatic heterocycles. The van der Waals surface area contributed by atoms with Gasteiger partial charge >= 0.3 is 0 Å². The van der Waals surface area contributed by atoms with Gasteiger partial charge in [0, 0.05) is 38.8 Å². The fraction of sp³-hybridized carbons (Fsp3) is 0.667. The van der Waals surface area contributed by atoms with Gasteiger partial charge in [-0.1, -0.05) is 0 Å². The summed E-state index contributed by atoms with van der Waals surface area (Å²) in [5, 5.41) is 0. The lowest BCUT2D eigenvalue weighted by Gasteiger charge is -2.46. The van der Waals surface area contributed by atoms with Gasteiger partial charge in [-0.2, -0.15) is 0 Å². The Morgan fingerprint density at radius 3 is 2.57 bits per heavy atom. The fourth-order valence-electron chi connectivity index (χ4n) is 4.04. The first-order valence-corrected chi connectivity index (χ1v) is 9.86. The Bertz CT molecular complexity index is 656. The molecule has 2 saturated heterocycles. The maximum atomic E-state index is 12.9. The van der Waals surface area contributed by atoms with Crippen molar-refractivity contribution in [2.45, 2.75) is 37.4 Å². The van der Waals surface area contributed by atoms with E-state index in [1.165, 1.54) is 0 Å². The SMILES string of the molecule is COCCOC1CCOC2(CCN(C(=O)c3ccc(OC)c(OC)c3)CC2)C1. The molecule has 3 rings (SSSR count). The van der Waals surface area contributed by atoms with E-state index >= 15 is 0 Å². The lowest BCUT2D eigenvalue weighted by molar-refractivity contribution is -0.154. The van der Waals surface area contributed by atoms with Crippen molar-refractivity contribution < 1.29 is 28.5 Å². The standard InChI is InChI=1S/C21H31NO6/c1-24-12-13-27-17-6-11-28-21(15-17)7-9-22(10-8-21)20(23)16-4-5-18(25-2)19(14-16)26-3/h4-5,14,17H,6-13,15H2,1-3H3. The summed E-state index contributed by atoms with van der Waals surface area (Å²) in [7, 11) is 4.84. The van der Waals surface area contributed by atoms with E-state index in [9.17, 15) is 4.79 Å². The van der Waals surface area contributed by atoms with Gasteiger partial charge in [0.25, 0.3) is 5.91 Å². The molecule has 1 unspecified atom stereocenters. The molecule has 28 heavy (non-hydrogen) atoms. The molecule has 2 fully saturated rings. The summed E-state index contributed by atoms with van der Waals surface area (Å²) < 4.78 is 27.7. The van der Waals surface area contributed by atoms with Gasteiger partial charge in [-0.05, 0) is 37.5 Å². The molecular formula is C21H31NO6. The first kappa shape index (κ1) is 20.9. The highest BCUT2D eigenvalue weighted by atomic mass is 16.5. The van der Waals surface area contributed by atoms with Crippen LogP contribution in [0, 0.1) is 0 Å². The molecule has 7 nitrogen and oxygen atoms in total. The summed E-state index contributed by atoms with van der Waals surface area (Å²) in [4.78, 5) is 14.8. The summed E-state index contributed by atoms with van der Waals surface area (Å²) in [5.74, 6) is 1.19. The first-order chi connectivity index (χ1) is 13.6. The number of carbonyl (C=O) groups is 1. The number of nitrogens with zero attached hydrogens (tertiary/aromatic N) is 1. The van der Waals surface area contributed by atoms with Gasteiger partial charge in [-0.3, -0.25) is 4.79 Å². The number of hydrogen-bond donors (Lipinski definition) is 0. The molecule has 0 radical (unpaired) electrons. The lowest BCUT2D eigenvalue weighted by atomic mass is 9.83. The Labute approximate surface area is 166 Å². The molecule has 1 aromatic rings. The number of amides is 1. The number of piperidine rings is 1. The fourth-order valence-corrected chi connectivity index (χ4v) is 4.04. The Morgan fingerprint density at radius 1 is 1.14 bits per heavy atom. The van der Waals surface area contributed by atoms with Crippen LogP contribution in [0.4, 0.5) is 0 Å². The summed E-state index contributed by atoms with van der Waals surface area (Å²) >= 11 is 0. The van der Waals surface area contributed by atoms with E-state index in [2.05, 4.69) is 0 Å². The van der Waals surface area contributed by atoms with Crippen LogP contribution in [0.1, 0.15) is 36.0 Å². The van der Waals surface area contributed by atoms with E-state index in [-0.39, 0.29) is 17.6 Å². The maximum absolute atomic E-state index is 12.9. The zero-order valence-electron chi connectivity index (χ0n) is 17.1. The van der Waals surface area contributed by atoms with Gasteiger partial charge in [0.05, 0.1) is 39.1 Å². The molecule has 0 N–H and O–H groups in total. The van der Waals surface area contributed by atoms with Crippen molar-refractivity contribution in [2.24, 2.45) is 0 Å². The quantitative estimate of drug-likeness (QED) is 0.663. The molecule has 0 saturated carbocycles. The molecule has 2 aliphatic rings. The van der Waals surface area contributed by atoms with Crippen LogP contribution in [0.3, 0.4) is 0 Å². The Morgan fingerprint density at radius 2 is 1.89 bits per heavy atom. The third kappa shape index (κ3) is 4.77. The predicted molar refractivity (Wildman–Crippen MR) is 104 cm³/mol. The molecule has 0 bridgehead atoms. The third-order valence-corrected chi connectivity index (χ3v) is 5.68. The third-order valence-electron chi connectivity index (χ3n) is 5.68. The Kier molecular flexibility index (Phi) is 7.15. The number of benzene rings is 1. The largest absolute Gasteiger partial charge is 0.493 e. The normalized spacial score (nSPS) is 21.5. The molecule has 0 aliphatic carbocycles. The molecular weight excluding hydrogens is 362 g/mol. The highest BCUT2D eigenvalue weighted by Crippen LogP contribution is 2.37. The number of methoxy groups -OCH3 is 3. The van der Waals surface area contributed by atoms with Crippen LogP contribution in [-0.4, -0.2) is 76.8 Å². The summed E-state index contributed by atoms with van der Waals surface area (Å²) in [5.41, 5.74) is 0.434. The number of hydrogen-bond acceptors (Lipinski definition) is 6. The second-order valence-electron chi connectivity index (χ2n) is 7.37. The van der Waals surface area contributed by atoms with Crippen LogP contribution in [0.5, 0.6) is 11.5 Å². The van der Waals surface area contributed by atoms with Crippen LogP contribution in [0.15, 0.2) is 18.2 Å². The molecule has 1 aromatic carbocycles. The van der Waals surface area contributed by atoms with Crippen molar-refractivity contribution in [2.75, 3.05) is 54.2 Å². The Hall–Kier alpha value is -1.83. The average Bonchev–Trinajstić information content (AvgIpc) is 2.73. The zero-order chi connectivity index (χ0) is 20.0. The highest BCUT2D eigenvalue weighted by Gasteiger charge is 2.41. The minimum Gasteiger partial charge on any atom is -0.493 e. The van der Waals surface area contributed by atoms with Crippen LogP contribution >= 0.6 is 0 Å². The molecule has 1 spiro atoms. The van der Waals surface area contributed by atoms with E-state index in [0.717, 1.165) is 25.7 Å². The van der Waals surface area contributed by atoms with Gasteiger partial charge in [0.15, 0.2) is 11.5 Å². The molecule has 1 atom stereocenters. The van der Waals surface area contributed by atoms with Crippen LogP contribution in [0.25, 0.3) is 0 Å². The molecule has 2 aliphatic heterocycles. The summed E-state index contributed by atoms with van der Waals surface area (Å²) in [6.07, 6.45) is 3.67. The van der Waals surface area contributed by atoms with E-state index in [4.69, 9.17) is 23.7 Å². The van der Waals surface area contributed by atoms with Crippen molar-refractivity contribution in [1.82, 2.24) is 4.90 Å². The number of likely N-dealkylation sites (tertiary alicyclic amines) is 1. The highest BCUT2D eigenvalue weighted by molar-refractivity contribution is 5.95. The van der Waals surface area contributed by atoms with E-state index in [1.807, 2.05) is 4.90 Å². The first-order valence-electron chi connectivity index (χ1n) is 9.86. The van der Waals surface area contributed by atoms with Crippen LogP contribution in [-0.2, 0) is 14.2 Å². The van der Waals surface area contributed by atoms with Crippen molar-refractivity contribution >= 4 is 5.91 Å². The summed E-state index contributed by atoms with van der Waals surface area (Å²) in [6, 6.07) is 5.29.